The molecular weight excluding hydrogens is 478 g/mol. The molecule has 0 radical (unpaired) electrons. The van der Waals surface area contributed by atoms with E-state index in [4.69, 9.17) is 21.1 Å². The molecule has 2 saturated heterocycles. The summed E-state index contributed by atoms with van der Waals surface area (Å²) >= 11 is 5.89. The van der Waals surface area contributed by atoms with Crippen LogP contribution in [0.25, 0.3) is 0 Å². The number of fused-ring (bicyclic) bond motifs is 2. The van der Waals surface area contributed by atoms with Crippen LogP contribution in [0.1, 0.15) is 33.6 Å². The van der Waals surface area contributed by atoms with Gasteiger partial charge in [0, 0.05) is 31.4 Å². The number of anilines is 1. The number of aliphatic hydroxyl groups is 1. The minimum atomic E-state index is -0.777. The van der Waals surface area contributed by atoms with Gasteiger partial charge in [-0.05, 0) is 79.4 Å². The maximum absolute atomic E-state index is 12.4. The highest BCUT2D eigenvalue weighted by atomic mass is 35.5. The molecule has 0 spiro atoms. The topological polar surface area (TPSA) is 123 Å². The Bertz CT molecular complexity index is 1070. The Hall–Kier alpha value is -3.05. The number of aromatic nitrogens is 2. The van der Waals surface area contributed by atoms with Gasteiger partial charge in [0.1, 0.15) is 24.2 Å². The van der Waals surface area contributed by atoms with Crippen molar-refractivity contribution in [1.82, 2.24) is 14.5 Å². The Morgan fingerprint density at radius 2 is 2.00 bits per heavy atom. The number of halogens is 1. The summed E-state index contributed by atoms with van der Waals surface area (Å²) < 4.78 is 12.7. The van der Waals surface area contributed by atoms with Crippen molar-refractivity contribution in [3.05, 3.63) is 45.9 Å². The van der Waals surface area contributed by atoms with E-state index in [1.54, 1.807) is 0 Å². The average molecular weight is 508 g/mol. The Morgan fingerprint density at radius 3 is 2.57 bits per heavy atom. The van der Waals surface area contributed by atoms with E-state index in [1.165, 1.54) is 10.8 Å². The fourth-order valence-electron chi connectivity index (χ4n) is 4.45. The lowest BCUT2D eigenvalue weighted by atomic mass is 10.2. The third kappa shape index (κ3) is 5.96. The lowest BCUT2D eigenvalue weighted by Crippen LogP contribution is -2.50. The summed E-state index contributed by atoms with van der Waals surface area (Å²) in [6.45, 7) is 7.38. The molecule has 2 aromatic rings. The van der Waals surface area contributed by atoms with Gasteiger partial charge in [0.05, 0.1) is 12.1 Å². The van der Waals surface area contributed by atoms with Crippen molar-refractivity contribution < 1.29 is 24.3 Å². The van der Waals surface area contributed by atoms with E-state index in [1.807, 2.05) is 49.9 Å². The van der Waals surface area contributed by atoms with E-state index < -0.39 is 16.6 Å². The number of hydrogen-bond acceptors (Lipinski definition) is 8. The van der Waals surface area contributed by atoms with Gasteiger partial charge in [0.15, 0.2) is 0 Å². The van der Waals surface area contributed by atoms with Crippen molar-refractivity contribution in [3.8, 4) is 5.75 Å². The van der Waals surface area contributed by atoms with Gasteiger partial charge in [0.25, 0.3) is 0 Å². The molecule has 3 heterocycles. The number of amides is 1. The monoisotopic (exact) mass is 507 g/mol. The maximum Gasteiger partial charge on any atom is 0.410 e. The molecule has 4 rings (SSSR count). The first kappa shape index (κ1) is 25.1. The number of aryl methyl sites for hydroxylation is 1. The van der Waals surface area contributed by atoms with Crippen LogP contribution in [0.4, 0.5) is 16.3 Å². The van der Waals surface area contributed by atoms with Crippen molar-refractivity contribution in [2.75, 3.05) is 24.6 Å². The molecule has 1 N–H and O–H groups in total. The molecule has 11 nitrogen and oxygen atoms in total. The lowest BCUT2D eigenvalue weighted by molar-refractivity contribution is -0.389. The van der Waals surface area contributed by atoms with Gasteiger partial charge in [-0.2, -0.15) is 0 Å². The van der Waals surface area contributed by atoms with Crippen molar-refractivity contribution in [2.24, 2.45) is 0 Å². The molecule has 2 unspecified atom stereocenters. The molecule has 3 atom stereocenters. The van der Waals surface area contributed by atoms with E-state index in [-0.39, 0.29) is 42.4 Å². The summed E-state index contributed by atoms with van der Waals surface area (Å²) in [5.74, 6) is 0.299. The molecule has 1 aromatic carbocycles. The van der Waals surface area contributed by atoms with Gasteiger partial charge in [-0.3, -0.25) is 4.57 Å². The number of benzene rings is 1. The number of hydrogen-bond donors (Lipinski definition) is 1. The molecule has 0 saturated carbocycles. The number of ether oxygens (including phenoxy) is 2. The first-order valence-corrected chi connectivity index (χ1v) is 11.9. The quantitative estimate of drug-likeness (QED) is 0.425. The molecule has 12 heteroatoms. The van der Waals surface area contributed by atoms with E-state index in [2.05, 4.69) is 9.88 Å². The van der Waals surface area contributed by atoms with E-state index in [9.17, 15) is 20.0 Å². The zero-order valence-electron chi connectivity index (χ0n) is 20.0. The summed E-state index contributed by atoms with van der Waals surface area (Å²) in [6, 6.07) is 8.07. The van der Waals surface area contributed by atoms with Crippen LogP contribution >= 0.6 is 11.6 Å². The molecule has 35 heavy (non-hydrogen) atoms. The minimum absolute atomic E-state index is 0.00485. The van der Waals surface area contributed by atoms with Crippen LogP contribution in [-0.2, 0) is 11.3 Å². The number of imidazole rings is 1. The van der Waals surface area contributed by atoms with Crippen LogP contribution in [0, 0.1) is 10.1 Å². The van der Waals surface area contributed by atoms with Gasteiger partial charge in [-0.1, -0.05) is 0 Å². The van der Waals surface area contributed by atoms with Crippen LogP contribution in [-0.4, -0.2) is 74.1 Å². The van der Waals surface area contributed by atoms with Gasteiger partial charge in [-0.25, -0.2) is 4.79 Å². The summed E-state index contributed by atoms with van der Waals surface area (Å²) in [5, 5.41) is 21.0. The van der Waals surface area contributed by atoms with Crippen LogP contribution < -0.4 is 9.64 Å². The SMILES string of the molecule is CC(C)(C)OC(=O)N1CC2CC1CN2c1ccc(OC[C@H](O)CCn2cc([N+](=O)[O-])nc2Cl)cc1. The highest BCUT2D eigenvalue weighted by molar-refractivity contribution is 6.28. The maximum atomic E-state index is 12.4. The van der Waals surface area contributed by atoms with Gasteiger partial charge in [0.2, 0.25) is 0 Å². The molecule has 2 aliphatic heterocycles. The fourth-order valence-corrected chi connectivity index (χ4v) is 4.67. The Morgan fingerprint density at radius 1 is 1.29 bits per heavy atom. The van der Waals surface area contributed by atoms with Crippen molar-refractivity contribution in [1.29, 1.82) is 0 Å². The second kappa shape index (κ2) is 9.90. The van der Waals surface area contributed by atoms with Gasteiger partial charge < -0.3 is 34.5 Å². The number of carbonyl (C=O) groups is 1. The predicted octanol–water partition coefficient (Wildman–Crippen LogP) is 3.47. The second-order valence-corrected chi connectivity index (χ2v) is 10.2. The molecule has 2 bridgehead atoms. The number of nitro groups is 1. The number of rotatable bonds is 8. The Labute approximate surface area is 208 Å². The molecule has 2 fully saturated rings. The number of carbonyl (C=O) groups excluding carboxylic acids is 1. The van der Waals surface area contributed by atoms with Gasteiger partial charge >= 0.3 is 17.2 Å². The third-order valence-corrected chi connectivity index (χ3v) is 6.39. The molecule has 190 valence electrons. The number of nitrogens with zero attached hydrogens (tertiary/aromatic N) is 5. The van der Waals surface area contributed by atoms with E-state index in [0.717, 1.165) is 18.7 Å². The van der Waals surface area contributed by atoms with Crippen molar-refractivity contribution >= 4 is 29.2 Å². The van der Waals surface area contributed by atoms with Gasteiger partial charge in [-0.15, -0.1) is 0 Å². The van der Waals surface area contributed by atoms with E-state index >= 15 is 0 Å². The number of piperazine rings is 1. The zero-order chi connectivity index (χ0) is 25.3. The van der Waals surface area contributed by atoms with Crippen LogP contribution in [0.2, 0.25) is 5.28 Å². The summed E-state index contributed by atoms with van der Waals surface area (Å²) in [5.41, 5.74) is 0.556. The largest absolute Gasteiger partial charge is 0.491 e. The first-order chi connectivity index (χ1) is 16.5. The first-order valence-electron chi connectivity index (χ1n) is 11.5. The Balaban J connectivity index is 1.23. The molecule has 1 amide bonds. The summed E-state index contributed by atoms with van der Waals surface area (Å²) in [6.07, 6.45) is 1.44. The molecule has 0 aliphatic carbocycles. The highest BCUT2D eigenvalue weighted by Crippen LogP contribution is 2.36. The lowest BCUT2D eigenvalue weighted by Gasteiger charge is -2.36. The fraction of sp³-hybridized carbons (Fsp3) is 0.565. The average Bonchev–Trinajstić information content (AvgIpc) is 3.49. The van der Waals surface area contributed by atoms with Crippen molar-refractivity contribution in [2.45, 2.75) is 63.9 Å². The standard InChI is InChI=1S/C23H30ClN5O6/c1-23(2,3)35-22(31)28-12-16-10-17(28)11-27(16)15-4-6-19(7-5-15)34-14-18(30)8-9-26-13-20(29(32)33)25-21(26)24/h4-7,13,16-18,30H,8-12,14H2,1-3H3/t16?,17?,18-/m1/s1. The van der Waals surface area contributed by atoms with E-state index in [0.29, 0.717) is 18.7 Å². The molecular formula is C23H30ClN5O6. The van der Waals surface area contributed by atoms with Crippen LogP contribution in [0.15, 0.2) is 30.5 Å². The number of likely N-dealkylation sites (tertiary alicyclic amines) is 1. The van der Waals surface area contributed by atoms with Crippen LogP contribution in [0.5, 0.6) is 5.75 Å². The summed E-state index contributed by atoms with van der Waals surface area (Å²) in [4.78, 5) is 30.4. The van der Waals surface area contributed by atoms with Crippen LogP contribution in [0.3, 0.4) is 0 Å². The van der Waals surface area contributed by atoms with Crippen molar-refractivity contribution in [3.63, 3.8) is 0 Å². The normalized spacial score (nSPS) is 20.3. The number of aliphatic hydroxyl groups excluding tert-OH is 1. The highest BCUT2D eigenvalue weighted by Gasteiger charge is 2.46. The predicted molar refractivity (Wildman–Crippen MR) is 129 cm³/mol. The zero-order valence-corrected chi connectivity index (χ0v) is 20.7. The third-order valence-electron chi connectivity index (χ3n) is 6.08. The molecule has 1 aromatic heterocycles. The summed E-state index contributed by atoms with van der Waals surface area (Å²) in [7, 11) is 0. The minimum Gasteiger partial charge on any atom is -0.491 e. The Kier molecular flexibility index (Phi) is 7.09. The second-order valence-electron chi connectivity index (χ2n) is 9.89. The smallest absolute Gasteiger partial charge is 0.410 e. The molecule has 2 aliphatic rings.